The molecule has 0 spiro atoms. The predicted molar refractivity (Wildman–Crippen MR) is 86.2 cm³/mol. The Kier molecular flexibility index (Phi) is 4.10. The van der Waals surface area contributed by atoms with Crippen LogP contribution in [0, 0.1) is 10.1 Å². The summed E-state index contributed by atoms with van der Waals surface area (Å²) in [4.78, 5) is 12.7. The fraction of sp³-hybridized carbons (Fsp3) is 0.0667. The lowest BCUT2D eigenvalue weighted by atomic mass is 10.1. The molecular formula is C15H8ClF3N2O2S. The van der Waals surface area contributed by atoms with E-state index in [1.54, 1.807) is 24.3 Å². The van der Waals surface area contributed by atoms with Crippen molar-refractivity contribution in [1.29, 1.82) is 0 Å². The Morgan fingerprint density at radius 2 is 1.79 bits per heavy atom. The van der Waals surface area contributed by atoms with E-state index in [1.807, 2.05) is 0 Å². The molecule has 0 fully saturated rings. The van der Waals surface area contributed by atoms with Gasteiger partial charge in [-0.15, -0.1) is 0 Å². The second-order valence-electron chi connectivity index (χ2n) is 4.87. The molecule has 0 atom stereocenters. The van der Waals surface area contributed by atoms with Gasteiger partial charge in [0, 0.05) is 27.2 Å². The van der Waals surface area contributed by atoms with E-state index >= 15 is 0 Å². The summed E-state index contributed by atoms with van der Waals surface area (Å²) < 4.78 is 39.9. The van der Waals surface area contributed by atoms with Crippen molar-refractivity contribution >= 4 is 27.9 Å². The zero-order chi connectivity index (χ0) is 17.5. The van der Waals surface area contributed by atoms with Crippen LogP contribution in [0.4, 0.5) is 18.2 Å². The molecule has 0 amide bonds. The lowest BCUT2D eigenvalue weighted by molar-refractivity contribution is -0.380. The fourth-order valence-corrected chi connectivity index (χ4v) is 3.20. The third kappa shape index (κ3) is 3.15. The summed E-state index contributed by atoms with van der Waals surface area (Å²) in [5, 5.41) is 11.0. The number of aromatic amines is 1. The van der Waals surface area contributed by atoms with Gasteiger partial charge < -0.3 is 4.98 Å². The lowest BCUT2D eigenvalue weighted by Gasteiger charge is -2.06. The van der Waals surface area contributed by atoms with Gasteiger partial charge in [0.05, 0.1) is 4.92 Å². The molecule has 3 rings (SSSR count). The van der Waals surface area contributed by atoms with Crippen molar-refractivity contribution in [2.45, 2.75) is 6.18 Å². The fourth-order valence-electron chi connectivity index (χ4n) is 2.23. The Balaban J connectivity index is 2.13. The Bertz CT molecular complexity index is 900. The van der Waals surface area contributed by atoms with Crippen LogP contribution in [0.5, 0.6) is 0 Å². The van der Waals surface area contributed by atoms with Gasteiger partial charge in [0.1, 0.15) is 5.69 Å². The summed E-state index contributed by atoms with van der Waals surface area (Å²) in [6.45, 7) is 0. The van der Waals surface area contributed by atoms with Gasteiger partial charge >= 0.3 is 11.2 Å². The van der Waals surface area contributed by atoms with Crippen molar-refractivity contribution in [2.75, 3.05) is 0 Å². The van der Waals surface area contributed by atoms with Gasteiger partial charge in [0.2, 0.25) is 0 Å². The van der Waals surface area contributed by atoms with Crippen molar-refractivity contribution in [3.8, 4) is 21.7 Å². The minimum Gasteiger partial charge on any atom is -0.350 e. The molecule has 0 saturated carbocycles. The molecule has 24 heavy (non-hydrogen) atoms. The molecule has 2 heterocycles. The third-order valence-electron chi connectivity index (χ3n) is 3.29. The average Bonchev–Trinajstić information content (AvgIpc) is 3.14. The van der Waals surface area contributed by atoms with Crippen LogP contribution >= 0.6 is 22.9 Å². The molecule has 0 saturated heterocycles. The molecule has 124 valence electrons. The van der Waals surface area contributed by atoms with E-state index in [0.717, 1.165) is 0 Å². The van der Waals surface area contributed by atoms with Gasteiger partial charge in [-0.3, -0.25) is 10.1 Å². The van der Waals surface area contributed by atoms with Crippen LogP contribution in [0.2, 0.25) is 5.02 Å². The van der Waals surface area contributed by atoms with Gasteiger partial charge in [-0.25, -0.2) is 0 Å². The normalized spacial score (nSPS) is 11.7. The first kappa shape index (κ1) is 16.5. The number of halogens is 4. The Hall–Kier alpha value is -2.32. The highest BCUT2D eigenvalue weighted by molar-refractivity contribution is 7.18. The number of hydrogen-bond donors (Lipinski definition) is 1. The van der Waals surface area contributed by atoms with Crippen LogP contribution in [0.25, 0.3) is 21.7 Å². The maximum absolute atomic E-state index is 13.3. The Morgan fingerprint density at radius 3 is 2.33 bits per heavy atom. The second-order valence-corrected chi connectivity index (χ2v) is 6.37. The van der Waals surface area contributed by atoms with Gasteiger partial charge in [0.25, 0.3) is 0 Å². The number of nitrogens with zero attached hydrogens (tertiary/aromatic N) is 1. The number of nitrogens with one attached hydrogen (secondary N) is 1. The third-order valence-corrected chi connectivity index (χ3v) is 4.62. The molecule has 0 aliphatic heterocycles. The van der Waals surface area contributed by atoms with Crippen LogP contribution < -0.4 is 0 Å². The maximum atomic E-state index is 13.3. The van der Waals surface area contributed by atoms with E-state index in [2.05, 4.69) is 4.98 Å². The SMILES string of the molecule is O=[N+]([O-])c1ccc(-c2cc(-c3ccc(Cl)cc3)[nH]c2C(F)(F)F)s1. The second kappa shape index (κ2) is 5.95. The van der Waals surface area contributed by atoms with Crippen LogP contribution in [0.3, 0.4) is 0 Å². The minimum atomic E-state index is -4.61. The van der Waals surface area contributed by atoms with Gasteiger partial charge in [-0.2, -0.15) is 13.2 Å². The number of alkyl halides is 3. The first-order valence-electron chi connectivity index (χ1n) is 6.56. The van der Waals surface area contributed by atoms with E-state index in [9.17, 15) is 23.3 Å². The molecule has 2 aromatic heterocycles. The van der Waals surface area contributed by atoms with Crippen molar-refractivity contribution in [3.05, 3.63) is 63.3 Å². The summed E-state index contributed by atoms with van der Waals surface area (Å²) >= 11 is 6.48. The van der Waals surface area contributed by atoms with E-state index in [-0.39, 0.29) is 21.1 Å². The highest BCUT2D eigenvalue weighted by Gasteiger charge is 2.37. The standard InChI is InChI=1S/C15H8ClF3N2O2S/c16-9-3-1-8(2-4-9)11-7-10(14(20-11)15(17,18)19)12-5-6-13(24-12)21(22)23/h1-7,20H. The molecule has 4 nitrogen and oxygen atoms in total. The minimum absolute atomic E-state index is 0.120. The van der Waals surface area contributed by atoms with E-state index in [1.165, 1.54) is 18.2 Å². The van der Waals surface area contributed by atoms with Crippen molar-refractivity contribution in [1.82, 2.24) is 4.98 Å². The molecule has 0 radical (unpaired) electrons. The molecule has 0 unspecified atom stereocenters. The number of aromatic nitrogens is 1. The van der Waals surface area contributed by atoms with Crippen LogP contribution in [0.1, 0.15) is 5.69 Å². The zero-order valence-corrected chi connectivity index (χ0v) is 13.3. The number of thiophene rings is 1. The number of benzene rings is 1. The summed E-state index contributed by atoms with van der Waals surface area (Å²) in [7, 11) is 0. The van der Waals surface area contributed by atoms with Crippen LogP contribution in [0.15, 0.2) is 42.5 Å². The van der Waals surface area contributed by atoms with Gasteiger partial charge in [-0.05, 0) is 29.8 Å². The van der Waals surface area contributed by atoms with Crippen molar-refractivity contribution in [3.63, 3.8) is 0 Å². The first-order valence-corrected chi connectivity index (χ1v) is 7.76. The quantitative estimate of drug-likeness (QED) is 0.453. The maximum Gasteiger partial charge on any atom is 0.431 e. The molecule has 1 N–H and O–H groups in total. The van der Waals surface area contributed by atoms with E-state index < -0.39 is 16.8 Å². The van der Waals surface area contributed by atoms with Gasteiger partial charge in [0.15, 0.2) is 0 Å². The monoisotopic (exact) mass is 372 g/mol. The number of rotatable bonds is 3. The van der Waals surface area contributed by atoms with Crippen molar-refractivity contribution < 1.29 is 18.1 Å². The lowest BCUT2D eigenvalue weighted by Crippen LogP contribution is -2.06. The first-order chi connectivity index (χ1) is 11.3. The van der Waals surface area contributed by atoms with Crippen LogP contribution in [-0.4, -0.2) is 9.91 Å². The van der Waals surface area contributed by atoms with Crippen LogP contribution in [-0.2, 0) is 6.18 Å². The summed E-state index contributed by atoms with van der Waals surface area (Å²) in [6.07, 6.45) is -4.61. The topological polar surface area (TPSA) is 58.9 Å². The average molecular weight is 373 g/mol. The molecule has 0 bridgehead atoms. The number of nitro groups is 1. The molecule has 9 heteroatoms. The molecule has 0 aliphatic carbocycles. The Labute approximate surface area is 142 Å². The predicted octanol–water partition coefficient (Wildman–Crippen LogP) is 5.99. The van der Waals surface area contributed by atoms with E-state index in [4.69, 9.17) is 11.6 Å². The van der Waals surface area contributed by atoms with Crippen molar-refractivity contribution in [2.24, 2.45) is 0 Å². The highest BCUT2D eigenvalue weighted by Crippen LogP contribution is 2.42. The number of hydrogen-bond acceptors (Lipinski definition) is 3. The summed E-state index contributed by atoms with van der Waals surface area (Å²) in [5.41, 5.74) is -0.276. The van der Waals surface area contributed by atoms with Gasteiger partial charge in [-0.1, -0.05) is 35.1 Å². The number of H-pyrrole nitrogens is 1. The summed E-state index contributed by atoms with van der Waals surface area (Å²) in [5.74, 6) is 0. The highest BCUT2D eigenvalue weighted by atomic mass is 35.5. The largest absolute Gasteiger partial charge is 0.431 e. The summed E-state index contributed by atoms with van der Waals surface area (Å²) in [6, 6.07) is 10.2. The Morgan fingerprint density at radius 1 is 1.12 bits per heavy atom. The smallest absolute Gasteiger partial charge is 0.350 e. The molecule has 1 aromatic carbocycles. The zero-order valence-electron chi connectivity index (χ0n) is 11.7. The molecule has 0 aliphatic rings. The molecular weight excluding hydrogens is 365 g/mol. The van der Waals surface area contributed by atoms with E-state index in [0.29, 0.717) is 21.9 Å². The molecule has 3 aromatic rings.